The Morgan fingerprint density at radius 2 is 1.59 bits per heavy atom. The fourth-order valence-electron chi connectivity index (χ4n) is 2.61. The van der Waals surface area contributed by atoms with Crippen LogP contribution in [0.3, 0.4) is 0 Å². The molecule has 0 spiro atoms. The highest BCUT2D eigenvalue weighted by molar-refractivity contribution is 7.69. The molecule has 0 saturated carbocycles. The molecule has 3 rings (SSSR count). The van der Waals surface area contributed by atoms with Crippen molar-refractivity contribution in [2.75, 3.05) is 31.1 Å². The Labute approximate surface area is 110 Å². The molecule has 0 aliphatic carbocycles. The summed E-state index contributed by atoms with van der Waals surface area (Å²) in [5, 5.41) is 1.26. The highest BCUT2D eigenvalue weighted by Crippen LogP contribution is 2.22. The maximum absolute atomic E-state index is 4.85. The lowest BCUT2D eigenvalue weighted by Crippen LogP contribution is -2.35. The van der Waals surface area contributed by atoms with E-state index < -0.39 is 0 Å². The Hall–Kier alpha value is -0.420. The van der Waals surface area contributed by atoms with Crippen molar-refractivity contribution in [3.8, 4) is 0 Å². The number of nitrogens with zero attached hydrogens (tertiary/aromatic N) is 3. The van der Waals surface area contributed by atoms with Crippen LogP contribution in [-0.2, 0) is 0 Å². The first-order valence-electron chi connectivity index (χ1n) is 6.73. The summed E-state index contributed by atoms with van der Waals surface area (Å²) in [6.07, 6.45) is 8.13. The third kappa shape index (κ3) is 2.71. The Morgan fingerprint density at radius 1 is 0.882 bits per heavy atom. The molecule has 17 heavy (non-hydrogen) atoms. The second kappa shape index (κ2) is 5.48. The molecular weight excluding hydrogens is 250 g/mol. The van der Waals surface area contributed by atoms with Gasteiger partial charge in [0, 0.05) is 28.4 Å². The Morgan fingerprint density at radius 3 is 2.35 bits per heavy atom. The molecule has 1 aromatic heterocycles. The van der Waals surface area contributed by atoms with E-state index in [4.69, 9.17) is 4.98 Å². The van der Waals surface area contributed by atoms with Crippen LogP contribution >= 0.6 is 20.7 Å². The third-order valence-electron chi connectivity index (χ3n) is 3.64. The van der Waals surface area contributed by atoms with Gasteiger partial charge in [-0.15, -0.1) is 0 Å². The number of piperidine rings is 2. The van der Waals surface area contributed by atoms with E-state index in [2.05, 4.69) is 9.48 Å². The lowest BCUT2D eigenvalue weighted by molar-refractivity contribution is 0.450. The molecule has 2 aliphatic rings. The van der Waals surface area contributed by atoms with Crippen molar-refractivity contribution in [1.82, 2.24) is 9.56 Å². The Bertz CT molecular complexity index is 421. The zero-order valence-electron chi connectivity index (χ0n) is 10.2. The monoisotopic (exact) mass is 270 g/mol. The normalized spacial score (nSPS) is 21.9. The van der Waals surface area contributed by atoms with Gasteiger partial charge >= 0.3 is 9.93 Å². The van der Waals surface area contributed by atoms with E-state index in [1.807, 2.05) is 20.7 Å². The summed E-state index contributed by atoms with van der Waals surface area (Å²) in [5.74, 6) is 0. The van der Waals surface area contributed by atoms with Crippen LogP contribution in [0.5, 0.6) is 0 Å². The van der Waals surface area contributed by atoms with Gasteiger partial charge in [-0.25, -0.2) is 4.58 Å². The van der Waals surface area contributed by atoms with Gasteiger partial charge in [-0.3, -0.25) is 0 Å². The maximum Gasteiger partial charge on any atom is 0.390 e. The second-order valence-corrected chi connectivity index (χ2v) is 7.00. The molecule has 0 aromatic carbocycles. The summed E-state index contributed by atoms with van der Waals surface area (Å²) in [5.41, 5.74) is 0. The molecule has 2 saturated heterocycles. The lowest BCUT2D eigenvalue weighted by atomic mass is 10.1. The molecule has 2 aliphatic heterocycles. The van der Waals surface area contributed by atoms with E-state index in [-0.39, 0.29) is 0 Å². The number of hydrogen-bond donors (Lipinski definition) is 0. The summed E-state index contributed by atoms with van der Waals surface area (Å²) in [4.78, 5) is 8.58. The molecule has 94 valence electrons. The summed E-state index contributed by atoms with van der Waals surface area (Å²) in [6.45, 7) is 4.83. The van der Waals surface area contributed by atoms with Gasteiger partial charge in [-0.05, 0) is 48.9 Å². The standard InChI is InChI=1S/C12H20N3S2/c1-3-7-14(8-4-1)11-13-12(17-16-11)15-9-5-2-6-10-15/h1-10H2/q+1. The topological polar surface area (TPSA) is 19.1 Å². The first-order chi connectivity index (χ1) is 8.43. The van der Waals surface area contributed by atoms with Gasteiger partial charge in [0.1, 0.15) is 0 Å². The zero-order chi connectivity index (χ0) is 11.5. The molecule has 3 nitrogen and oxygen atoms in total. The molecule has 0 amide bonds. The van der Waals surface area contributed by atoms with Crippen LogP contribution in [0.15, 0.2) is 0 Å². The van der Waals surface area contributed by atoms with Crippen LogP contribution in [0, 0.1) is 0 Å². The van der Waals surface area contributed by atoms with Gasteiger partial charge in [0.05, 0.1) is 13.1 Å². The molecular formula is C12H20N3S2+. The van der Waals surface area contributed by atoms with Crippen molar-refractivity contribution >= 4 is 25.8 Å². The fourth-order valence-corrected chi connectivity index (χ4v) is 4.94. The minimum atomic E-state index is 1.21. The van der Waals surface area contributed by atoms with E-state index in [0.717, 1.165) is 0 Å². The highest BCUT2D eigenvalue weighted by atomic mass is 32.9. The first kappa shape index (κ1) is 11.7. The molecule has 0 radical (unpaired) electrons. The second-order valence-electron chi connectivity index (χ2n) is 4.94. The van der Waals surface area contributed by atoms with Gasteiger partial charge in [0.2, 0.25) is 0 Å². The van der Waals surface area contributed by atoms with Gasteiger partial charge in [-0.2, -0.15) is 0 Å². The van der Waals surface area contributed by atoms with Crippen molar-refractivity contribution in [2.45, 2.75) is 38.5 Å². The van der Waals surface area contributed by atoms with Gasteiger partial charge < -0.3 is 4.90 Å². The smallest absolute Gasteiger partial charge is 0.326 e. The minimum absolute atomic E-state index is 1.21. The first-order valence-corrected chi connectivity index (χ1v) is 8.88. The van der Waals surface area contributed by atoms with Crippen molar-refractivity contribution in [2.24, 2.45) is 0 Å². The minimum Gasteiger partial charge on any atom is -0.326 e. The molecule has 3 heterocycles. The molecule has 0 unspecified atom stereocenters. The summed E-state index contributed by atoms with van der Waals surface area (Å²) >= 11 is 0. The number of anilines is 1. The third-order valence-corrected chi connectivity index (χ3v) is 5.86. The lowest BCUT2D eigenvalue weighted by Gasteiger charge is -2.23. The zero-order valence-corrected chi connectivity index (χ0v) is 11.9. The van der Waals surface area contributed by atoms with Crippen LogP contribution in [0.25, 0.3) is 0 Å². The summed E-state index contributed by atoms with van der Waals surface area (Å²) < 4.78 is 2.47. The van der Waals surface area contributed by atoms with Crippen molar-refractivity contribution in [3.63, 3.8) is 0 Å². The molecule has 5 heteroatoms. The predicted molar refractivity (Wildman–Crippen MR) is 74.9 cm³/mol. The van der Waals surface area contributed by atoms with Crippen LogP contribution in [0.4, 0.5) is 5.13 Å². The number of hydrogen-bond acceptors (Lipinski definition) is 4. The van der Waals surface area contributed by atoms with E-state index in [1.54, 1.807) is 0 Å². The van der Waals surface area contributed by atoms with E-state index >= 15 is 0 Å². The number of aromatic nitrogens is 1. The molecule has 1 aromatic rings. The molecule has 0 bridgehead atoms. The average Bonchev–Trinajstić information content (AvgIpc) is 2.90. The Kier molecular flexibility index (Phi) is 3.76. The van der Waals surface area contributed by atoms with Crippen molar-refractivity contribution < 1.29 is 0 Å². The quantitative estimate of drug-likeness (QED) is 0.575. The SMILES string of the molecule is C1CCN(c2nc(=[N+]3CCCCC3)ss2)CC1. The van der Waals surface area contributed by atoms with Gasteiger partial charge in [0.15, 0.2) is 0 Å². The number of rotatable bonds is 1. The van der Waals surface area contributed by atoms with Crippen LogP contribution in [0.1, 0.15) is 38.5 Å². The maximum atomic E-state index is 4.85. The average molecular weight is 270 g/mol. The van der Waals surface area contributed by atoms with Crippen LogP contribution in [0.2, 0.25) is 0 Å². The molecule has 2 fully saturated rings. The highest BCUT2D eigenvalue weighted by Gasteiger charge is 2.20. The van der Waals surface area contributed by atoms with Crippen molar-refractivity contribution in [3.05, 3.63) is 4.80 Å². The summed E-state index contributed by atoms with van der Waals surface area (Å²) in [7, 11) is 3.73. The largest absolute Gasteiger partial charge is 0.390 e. The van der Waals surface area contributed by atoms with Crippen LogP contribution < -0.4 is 14.3 Å². The van der Waals surface area contributed by atoms with Crippen molar-refractivity contribution in [1.29, 1.82) is 0 Å². The van der Waals surface area contributed by atoms with Gasteiger partial charge in [-0.1, -0.05) is 0 Å². The molecule has 0 N–H and O–H groups in total. The van der Waals surface area contributed by atoms with E-state index in [0.29, 0.717) is 0 Å². The fraction of sp³-hybridized carbons (Fsp3) is 0.833. The summed E-state index contributed by atoms with van der Waals surface area (Å²) in [6, 6.07) is 0. The Balaban J connectivity index is 1.81. The van der Waals surface area contributed by atoms with E-state index in [9.17, 15) is 0 Å². The predicted octanol–water partition coefficient (Wildman–Crippen LogP) is 2.15. The van der Waals surface area contributed by atoms with E-state index in [1.165, 1.54) is 74.6 Å². The van der Waals surface area contributed by atoms with Crippen LogP contribution in [-0.4, -0.2) is 31.2 Å². The molecule has 0 atom stereocenters. The van der Waals surface area contributed by atoms with Gasteiger partial charge in [0.25, 0.3) is 0 Å².